The molecule has 1 heterocycles. The number of benzene rings is 1. The fraction of sp³-hybridized carbons (Fsp3) is 0.533. The first kappa shape index (κ1) is 15.2. The van der Waals surface area contributed by atoms with Crippen molar-refractivity contribution in [3.8, 4) is 0 Å². The maximum atomic E-state index is 5.84. The van der Waals surface area contributed by atoms with Crippen molar-refractivity contribution in [1.82, 2.24) is 5.32 Å². The van der Waals surface area contributed by atoms with E-state index in [-0.39, 0.29) is 0 Å². The predicted octanol–water partition coefficient (Wildman–Crippen LogP) is 2.59. The highest BCUT2D eigenvalue weighted by molar-refractivity contribution is 9.10. The number of guanidine groups is 1. The Morgan fingerprint density at radius 3 is 2.80 bits per heavy atom. The summed E-state index contributed by atoms with van der Waals surface area (Å²) in [5.41, 5.74) is 7.12. The third kappa shape index (κ3) is 4.40. The van der Waals surface area contributed by atoms with E-state index in [1.165, 1.54) is 12.1 Å². The molecule has 2 rings (SSSR count). The maximum Gasteiger partial charge on any atom is 0.188 e. The second kappa shape index (κ2) is 6.97. The Morgan fingerprint density at radius 1 is 1.45 bits per heavy atom. The number of nitrogens with two attached hydrogens (primary N) is 1. The summed E-state index contributed by atoms with van der Waals surface area (Å²) in [6, 6.07) is 8.83. The van der Waals surface area contributed by atoms with Crippen LogP contribution in [0, 0.1) is 5.92 Å². The minimum atomic E-state index is 0.335. The van der Waals surface area contributed by atoms with Crippen molar-refractivity contribution in [2.45, 2.75) is 26.3 Å². The lowest BCUT2D eigenvalue weighted by Gasteiger charge is -2.18. The Morgan fingerprint density at radius 2 is 2.15 bits per heavy atom. The Balaban J connectivity index is 1.85. The summed E-state index contributed by atoms with van der Waals surface area (Å²) in [6.45, 7) is 7.08. The van der Waals surface area contributed by atoms with Gasteiger partial charge in [-0.25, -0.2) is 0 Å². The molecular formula is C15H23BrN4. The number of hydrogen-bond acceptors (Lipinski definition) is 2. The minimum absolute atomic E-state index is 0.335. The van der Waals surface area contributed by atoms with E-state index in [0.29, 0.717) is 17.9 Å². The molecule has 20 heavy (non-hydrogen) atoms. The summed E-state index contributed by atoms with van der Waals surface area (Å²) in [5.74, 6) is 1.15. The minimum Gasteiger partial charge on any atom is -0.371 e. The lowest BCUT2D eigenvalue weighted by molar-refractivity contribution is 0.599. The second-order valence-electron chi connectivity index (χ2n) is 5.60. The van der Waals surface area contributed by atoms with Gasteiger partial charge in [-0.3, -0.25) is 4.99 Å². The first-order chi connectivity index (χ1) is 9.54. The summed E-state index contributed by atoms with van der Waals surface area (Å²) in [7, 11) is 0. The Bertz CT molecular complexity index is 455. The summed E-state index contributed by atoms with van der Waals surface area (Å²) < 4.78 is 1.12. The highest BCUT2D eigenvalue weighted by Gasteiger charge is 2.22. The van der Waals surface area contributed by atoms with Crippen LogP contribution in [0.2, 0.25) is 0 Å². The fourth-order valence-corrected chi connectivity index (χ4v) is 2.70. The molecule has 1 aliphatic rings. The Hall–Kier alpha value is -1.23. The topological polar surface area (TPSA) is 53.6 Å². The van der Waals surface area contributed by atoms with Crippen molar-refractivity contribution in [2.75, 3.05) is 24.5 Å². The zero-order valence-corrected chi connectivity index (χ0v) is 13.7. The lowest BCUT2D eigenvalue weighted by Crippen LogP contribution is -2.37. The van der Waals surface area contributed by atoms with Gasteiger partial charge in [0.1, 0.15) is 0 Å². The van der Waals surface area contributed by atoms with Crippen molar-refractivity contribution in [2.24, 2.45) is 16.6 Å². The van der Waals surface area contributed by atoms with Crippen molar-refractivity contribution in [3.63, 3.8) is 0 Å². The van der Waals surface area contributed by atoms with Gasteiger partial charge in [0.05, 0.1) is 0 Å². The molecule has 1 unspecified atom stereocenters. The highest BCUT2D eigenvalue weighted by Crippen LogP contribution is 2.25. The molecule has 0 spiro atoms. The third-order valence-electron chi connectivity index (χ3n) is 3.43. The van der Waals surface area contributed by atoms with Gasteiger partial charge in [0, 0.05) is 35.8 Å². The molecule has 1 atom stereocenters. The van der Waals surface area contributed by atoms with E-state index >= 15 is 0 Å². The van der Waals surface area contributed by atoms with Crippen LogP contribution in [0.4, 0.5) is 5.69 Å². The SMILES string of the molecule is CC(C)NC(N)=NCC1CCN(c2ccc(Br)cc2)C1. The molecule has 0 radical (unpaired) electrons. The van der Waals surface area contributed by atoms with Gasteiger partial charge in [0.2, 0.25) is 0 Å². The average Bonchev–Trinajstić information content (AvgIpc) is 2.85. The van der Waals surface area contributed by atoms with E-state index < -0.39 is 0 Å². The van der Waals surface area contributed by atoms with Crippen molar-refractivity contribution >= 4 is 27.6 Å². The van der Waals surface area contributed by atoms with E-state index in [4.69, 9.17) is 5.73 Å². The largest absolute Gasteiger partial charge is 0.371 e. The van der Waals surface area contributed by atoms with Gasteiger partial charge in [-0.15, -0.1) is 0 Å². The number of halogens is 1. The fourth-order valence-electron chi connectivity index (χ4n) is 2.44. The zero-order chi connectivity index (χ0) is 14.5. The van der Waals surface area contributed by atoms with Gasteiger partial charge in [-0.05, 0) is 50.5 Å². The average molecular weight is 339 g/mol. The molecule has 1 aromatic carbocycles. The molecule has 1 aromatic rings. The summed E-state index contributed by atoms with van der Waals surface area (Å²) >= 11 is 3.47. The second-order valence-corrected chi connectivity index (χ2v) is 6.52. The zero-order valence-electron chi connectivity index (χ0n) is 12.1. The number of rotatable bonds is 4. The number of hydrogen-bond donors (Lipinski definition) is 2. The number of nitrogens with one attached hydrogen (secondary N) is 1. The molecule has 4 nitrogen and oxygen atoms in total. The number of nitrogens with zero attached hydrogens (tertiary/aromatic N) is 2. The van der Waals surface area contributed by atoms with Crippen LogP contribution in [0.25, 0.3) is 0 Å². The standard InChI is InChI=1S/C15H23BrN4/c1-11(2)19-15(17)18-9-12-7-8-20(10-12)14-5-3-13(16)4-6-14/h3-6,11-12H,7-10H2,1-2H3,(H3,17,18,19). The molecule has 0 bridgehead atoms. The molecule has 0 amide bonds. The molecule has 0 aromatic heterocycles. The molecule has 1 aliphatic heterocycles. The van der Waals surface area contributed by atoms with Gasteiger partial charge in [-0.2, -0.15) is 0 Å². The van der Waals surface area contributed by atoms with E-state index in [2.05, 4.69) is 69.3 Å². The van der Waals surface area contributed by atoms with E-state index in [0.717, 1.165) is 24.1 Å². The van der Waals surface area contributed by atoms with Crippen LogP contribution in [-0.4, -0.2) is 31.6 Å². The van der Waals surface area contributed by atoms with E-state index in [1.54, 1.807) is 0 Å². The molecule has 1 saturated heterocycles. The molecule has 5 heteroatoms. The number of anilines is 1. The quantitative estimate of drug-likeness (QED) is 0.655. The molecule has 0 saturated carbocycles. The molecular weight excluding hydrogens is 316 g/mol. The molecule has 0 aliphatic carbocycles. The van der Waals surface area contributed by atoms with Crippen molar-refractivity contribution in [3.05, 3.63) is 28.7 Å². The van der Waals surface area contributed by atoms with E-state index in [1.807, 2.05) is 0 Å². The Labute approximate surface area is 129 Å². The molecule has 110 valence electrons. The van der Waals surface area contributed by atoms with Crippen LogP contribution in [0.5, 0.6) is 0 Å². The lowest BCUT2D eigenvalue weighted by atomic mass is 10.1. The van der Waals surface area contributed by atoms with Crippen LogP contribution >= 0.6 is 15.9 Å². The normalized spacial score (nSPS) is 19.7. The van der Waals surface area contributed by atoms with Gasteiger partial charge < -0.3 is 16.0 Å². The summed E-state index contributed by atoms with van der Waals surface area (Å²) in [5, 5.41) is 3.12. The van der Waals surface area contributed by atoms with Crippen molar-refractivity contribution < 1.29 is 0 Å². The van der Waals surface area contributed by atoms with Gasteiger partial charge in [-0.1, -0.05) is 15.9 Å². The summed E-state index contributed by atoms with van der Waals surface area (Å²) in [6.07, 6.45) is 1.18. The van der Waals surface area contributed by atoms with E-state index in [9.17, 15) is 0 Å². The monoisotopic (exact) mass is 338 g/mol. The van der Waals surface area contributed by atoms with Gasteiger partial charge >= 0.3 is 0 Å². The first-order valence-corrected chi connectivity index (χ1v) is 7.91. The predicted molar refractivity (Wildman–Crippen MR) is 89.2 cm³/mol. The summed E-state index contributed by atoms with van der Waals surface area (Å²) in [4.78, 5) is 6.85. The van der Waals surface area contributed by atoms with Crippen LogP contribution in [0.15, 0.2) is 33.7 Å². The van der Waals surface area contributed by atoms with Crippen molar-refractivity contribution in [1.29, 1.82) is 0 Å². The highest BCUT2D eigenvalue weighted by atomic mass is 79.9. The molecule has 3 N–H and O–H groups in total. The third-order valence-corrected chi connectivity index (χ3v) is 3.96. The molecule has 1 fully saturated rings. The van der Waals surface area contributed by atoms with Gasteiger partial charge in [0.25, 0.3) is 0 Å². The maximum absolute atomic E-state index is 5.84. The van der Waals surface area contributed by atoms with Crippen LogP contribution in [-0.2, 0) is 0 Å². The number of aliphatic imine (C=N–C) groups is 1. The smallest absolute Gasteiger partial charge is 0.188 e. The Kier molecular flexibility index (Phi) is 5.29. The first-order valence-electron chi connectivity index (χ1n) is 7.11. The van der Waals surface area contributed by atoms with Gasteiger partial charge in [0.15, 0.2) is 5.96 Å². The van der Waals surface area contributed by atoms with Crippen LogP contribution in [0.3, 0.4) is 0 Å². The van der Waals surface area contributed by atoms with Crippen LogP contribution in [0.1, 0.15) is 20.3 Å². The van der Waals surface area contributed by atoms with Crippen LogP contribution < -0.4 is 16.0 Å².